The number of esters is 1. The molecule has 8 nitrogen and oxygen atoms in total. The second-order valence-electron chi connectivity index (χ2n) is 6.28. The Morgan fingerprint density at radius 3 is 3.00 bits per heavy atom. The number of anilines is 1. The normalized spacial score (nSPS) is 18.3. The van der Waals surface area contributed by atoms with Crippen LogP contribution in [-0.4, -0.2) is 56.0 Å². The largest absolute Gasteiger partial charge is 0.466 e. The number of nitrogens with zero attached hydrogens (tertiary/aromatic N) is 1. The van der Waals surface area contributed by atoms with Gasteiger partial charge in [0.05, 0.1) is 13.0 Å². The van der Waals surface area contributed by atoms with E-state index in [0.29, 0.717) is 19.7 Å². The molecule has 142 valence electrons. The maximum Gasteiger partial charge on any atom is 0.317 e. The minimum absolute atomic E-state index is 0.147. The minimum Gasteiger partial charge on any atom is -0.466 e. The molecule has 2 amide bonds. The Bertz CT molecular complexity index is 652. The molecule has 3 rings (SSSR count). The van der Waals surface area contributed by atoms with Gasteiger partial charge in [0.25, 0.3) is 0 Å². The number of carbonyl (C=O) groups excluding carboxylic acids is 2. The maximum atomic E-state index is 12.3. The van der Waals surface area contributed by atoms with Gasteiger partial charge in [0.1, 0.15) is 0 Å². The lowest BCUT2D eigenvalue weighted by atomic mass is 10.1. The van der Waals surface area contributed by atoms with Crippen molar-refractivity contribution in [2.45, 2.75) is 32.2 Å². The second kappa shape index (κ2) is 8.64. The zero-order valence-electron chi connectivity index (χ0n) is 15.0. The van der Waals surface area contributed by atoms with Crippen molar-refractivity contribution in [1.82, 2.24) is 10.2 Å². The van der Waals surface area contributed by atoms with Gasteiger partial charge in [-0.25, -0.2) is 4.79 Å². The summed E-state index contributed by atoms with van der Waals surface area (Å²) in [6, 6.07) is 5.77. The zero-order chi connectivity index (χ0) is 18.4. The molecule has 1 aromatic rings. The Balaban J connectivity index is 1.46. The predicted molar refractivity (Wildman–Crippen MR) is 95.4 cm³/mol. The van der Waals surface area contributed by atoms with Crippen molar-refractivity contribution in [2.24, 2.45) is 0 Å². The molecule has 8 heteroatoms. The highest BCUT2D eigenvalue weighted by atomic mass is 16.7. The van der Waals surface area contributed by atoms with E-state index in [1.165, 1.54) is 0 Å². The van der Waals surface area contributed by atoms with Crippen LogP contribution in [0.3, 0.4) is 0 Å². The van der Waals surface area contributed by atoms with E-state index in [2.05, 4.69) is 10.6 Å². The van der Waals surface area contributed by atoms with E-state index in [0.717, 1.165) is 30.0 Å². The Labute approximate surface area is 152 Å². The first-order valence-corrected chi connectivity index (χ1v) is 9.00. The molecule has 2 heterocycles. The monoisotopic (exact) mass is 363 g/mol. The standard InChI is InChI=1S/C18H25N3O5/c1-2-24-17(22)7-8-19-18(23)21-9-3-4-14(11-21)20-13-5-6-15-16(10-13)26-12-25-15/h5-6,10,14,20H,2-4,7-9,11-12H2,1H3,(H,19,23). The van der Waals surface area contributed by atoms with Crippen LogP contribution in [0, 0.1) is 0 Å². The number of urea groups is 1. The molecule has 1 unspecified atom stereocenters. The quantitative estimate of drug-likeness (QED) is 0.751. The molecular formula is C18H25N3O5. The van der Waals surface area contributed by atoms with Crippen molar-refractivity contribution in [3.63, 3.8) is 0 Å². The van der Waals surface area contributed by atoms with Crippen LogP contribution in [-0.2, 0) is 9.53 Å². The molecule has 1 fully saturated rings. The topological polar surface area (TPSA) is 89.1 Å². The minimum atomic E-state index is -0.297. The van der Waals surface area contributed by atoms with Crippen LogP contribution < -0.4 is 20.1 Å². The smallest absolute Gasteiger partial charge is 0.317 e. The molecule has 1 aromatic carbocycles. The molecule has 26 heavy (non-hydrogen) atoms. The highest BCUT2D eigenvalue weighted by Crippen LogP contribution is 2.34. The second-order valence-corrected chi connectivity index (χ2v) is 6.28. The van der Waals surface area contributed by atoms with Gasteiger partial charge in [-0.05, 0) is 31.9 Å². The van der Waals surface area contributed by atoms with Crippen LogP contribution in [0.25, 0.3) is 0 Å². The number of carbonyl (C=O) groups is 2. The summed E-state index contributed by atoms with van der Waals surface area (Å²) >= 11 is 0. The van der Waals surface area contributed by atoms with Gasteiger partial charge in [0, 0.05) is 37.4 Å². The molecule has 1 saturated heterocycles. The van der Waals surface area contributed by atoms with Crippen LogP contribution in [0.1, 0.15) is 26.2 Å². The number of hydrogen-bond acceptors (Lipinski definition) is 6. The molecule has 2 aliphatic rings. The van der Waals surface area contributed by atoms with Gasteiger partial charge in [-0.3, -0.25) is 4.79 Å². The summed E-state index contributed by atoms with van der Waals surface area (Å²) in [5.41, 5.74) is 0.948. The van der Waals surface area contributed by atoms with E-state index in [1.54, 1.807) is 11.8 Å². The summed E-state index contributed by atoms with van der Waals surface area (Å²) < 4.78 is 15.6. The summed E-state index contributed by atoms with van der Waals surface area (Å²) in [7, 11) is 0. The fourth-order valence-corrected chi connectivity index (χ4v) is 3.12. The SMILES string of the molecule is CCOC(=O)CCNC(=O)N1CCCC(Nc2ccc3c(c2)OCO3)C1. The molecule has 2 aliphatic heterocycles. The number of fused-ring (bicyclic) bond motifs is 1. The Kier molecular flexibility index (Phi) is 6.04. The number of piperidine rings is 1. The van der Waals surface area contributed by atoms with Gasteiger partial charge in [-0.15, -0.1) is 0 Å². The van der Waals surface area contributed by atoms with Crippen molar-refractivity contribution in [3.8, 4) is 11.5 Å². The lowest BCUT2D eigenvalue weighted by Crippen LogP contribution is -2.49. The third-order valence-electron chi connectivity index (χ3n) is 4.36. The summed E-state index contributed by atoms with van der Waals surface area (Å²) in [6.07, 6.45) is 2.10. The summed E-state index contributed by atoms with van der Waals surface area (Å²) in [4.78, 5) is 25.4. The molecule has 1 atom stereocenters. The molecular weight excluding hydrogens is 338 g/mol. The summed E-state index contributed by atoms with van der Waals surface area (Å²) in [5, 5.41) is 6.24. The van der Waals surface area contributed by atoms with Crippen LogP contribution >= 0.6 is 0 Å². The number of ether oxygens (including phenoxy) is 3. The summed E-state index contributed by atoms with van der Waals surface area (Å²) in [6.45, 7) is 3.98. The molecule has 0 spiro atoms. The van der Waals surface area contributed by atoms with Crippen molar-refractivity contribution >= 4 is 17.7 Å². The Morgan fingerprint density at radius 1 is 1.31 bits per heavy atom. The van der Waals surface area contributed by atoms with Gasteiger partial charge in [-0.1, -0.05) is 0 Å². The van der Waals surface area contributed by atoms with Gasteiger partial charge >= 0.3 is 12.0 Å². The van der Waals surface area contributed by atoms with Gasteiger partial charge in [0.15, 0.2) is 11.5 Å². The van der Waals surface area contributed by atoms with E-state index >= 15 is 0 Å². The van der Waals surface area contributed by atoms with Crippen molar-refractivity contribution in [3.05, 3.63) is 18.2 Å². The first-order chi connectivity index (χ1) is 12.7. The van der Waals surface area contributed by atoms with Gasteiger partial charge in [-0.2, -0.15) is 0 Å². The lowest BCUT2D eigenvalue weighted by Gasteiger charge is -2.33. The third kappa shape index (κ3) is 4.71. The third-order valence-corrected chi connectivity index (χ3v) is 4.36. The predicted octanol–water partition coefficient (Wildman–Crippen LogP) is 1.95. The average molecular weight is 363 g/mol. The molecule has 2 N–H and O–H groups in total. The Morgan fingerprint density at radius 2 is 2.15 bits per heavy atom. The van der Waals surface area contributed by atoms with Crippen molar-refractivity contribution in [2.75, 3.05) is 38.4 Å². The van der Waals surface area contributed by atoms with Crippen LogP contribution in [0.5, 0.6) is 11.5 Å². The first-order valence-electron chi connectivity index (χ1n) is 9.00. The number of likely N-dealkylation sites (tertiary alicyclic amines) is 1. The molecule has 0 radical (unpaired) electrons. The number of rotatable bonds is 6. The van der Waals surface area contributed by atoms with E-state index in [4.69, 9.17) is 14.2 Å². The molecule has 0 bridgehead atoms. The summed E-state index contributed by atoms with van der Waals surface area (Å²) in [5.74, 6) is 1.19. The van der Waals surface area contributed by atoms with E-state index < -0.39 is 0 Å². The molecule has 0 saturated carbocycles. The van der Waals surface area contributed by atoms with E-state index in [1.807, 2.05) is 18.2 Å². The highest BCUT2D eigenvalue weighted by molar-refractivity contribution is 5.76. The van der Waals surface area contributed by atoms with Crippen LogP contribution in [0.4, 0.5) is 10.5 Å². The first kappa shape index (κ1) is 18.2. The van der Waals surface area contributed by atoms with E-state index in [9.17, 15) is 9.59 Å². The van der Waals surface area contributed by atoms with Crippen LogP contribution in [0.2, 0.25) is 0 Å². The molecule has 0 aliphatic carbocycles. The van der Waals surface area contributed by atoms with Gasteiger partial charge < -0.3 is 29.7 Å². The fourth-order valence-electron chi connectivity index (χ4n) is 3.12. The number of nitrogens with one attached hydrogen (secondary N) is 2. The maximum absolute atomic E-state index is 12.3. The number of benzene rings is 1. The zero-order valence-corrected chi connectivity index (χ0v) is 15.0. The number of amides is 2. The lowest BCUT2D eigenvalue weighted by molar-refractivity contribution is -0.142. The van der Waals surface area contributed by atoms with Crippen LogP contribution in [0.15, 0.2) is 18.2 Å². The average Bonchev–Trinajstić information content (AvgIpc) is 3.10. The fraction of sp³-hybridized carbons (Fsp3) is 0.556. The Hall–Kier alpha value is -2.64. The van der Waals surface area contributed by atoms with Crippen molar-refractivity contribution < 1.29 is 23.8 Å². The number of hydrogen-bond donors (Lipinski definition) is 2. The molecule has 0 aromatic heterocycles. The van der Waals surface area contributed by atoms with Gasteiger partial charge in [0.2, 0.25) is 6.79 Å². The van der Waals surface area contributed by atoms with Crippen molar-refractivity contribution in [1.29, 1.82) is 0 Å². The highest BCUT2D eigenvalue weighted by Gasteiger charge is 2.24. The van der Waals surface area contributed by atoms with E-state index in [-0.39, 0.29) is 37.8 Å².